The van der Waals surface area contributed by atoms with Gasteiger partial charge in [-0.15, -0.1) is 0 Å². The van der Waals surface area contributed by atoms with Gasteiger partial charge in [-0.25, -0.2) is 0 Å². The van der Waals surface area contributed by atoms with Crippen molar-refractivity contribution in [1.29, 1.82) is 0 Å². The van der Waals surface area contributed by atoms with Crippen LogP contribution in [0.3, 0.4) is 0 Å². The lowest BCUT2D eigenvalue weighted by Gasteiger charge is -2.65. The highest BCUT2D eigenvalue weighted by atomic mass is 79.9. The molecule has 0 aromatic rings. The van der Waals surface area contributed by atoms with E-state index in [0.29, 0.717) is 20.0 Å². The molecule has 9 atom stereocenters. The van der Waals surface area contributed by atoms with Crippen LogP contribution in [-0.4, -0.2) is 9.15 Å². The highest BCUT2D eigenvalue weighted by Crippen LogP contribution is 2.71. The molecular weight excluding hydrogens is 484 g/mol. The summed E-state index contributed by atoms with van der Waals surface area (Å²) < 4.78 is 0.343. The standard InChI is InChI=1S/C27H46Br2/c1-18(2)8-6-9-19(3)21-11-12-22-20-13-17-27(29)24(28)10-7-15-26(27,5)23(20)14-16-25(21,22)4/h18-24H,6-17H2,1-5H3/t19-,20+,21+,22-,23+,24-,25+,26-,27-/m1/s1. The fourth-order valence-electron chi connectivity index (χ4n) is 9.26. The molecule has 0 aromatic carbocycles. The van der Waals surface area contributed by atoms with Crippen molar-refractivity contribution in [3.05, 3.63) is 0 Å². The summed E-state index contributed by atoms with van der Waals surface area (Å²) in [5, 5.41) is 0. The first-order chi connectivity index (χ1) is 13.6. The summed E-state index contributed by atoms with van der Waals surface area (Å²) >= 11 is 8.49. The lowest BCUT2D eigenvalue weighted by molar-refractivity contribution is -0.0989. The van der Waals surface area contributed by atoms with Crippen molar-refractivity contribution in [3.63, 3.8) is 0 Å². The minimum Gasteiger partial charge on any atom is -0.0875 e. The van der Waals surface area contributed by atoms with Crippen LogP contribution < -0.4 is 0 Å². The average molecular weight is 530 g/mol. The predicted octanol–water partition coefficient (Wildman–Crippen LogP) is 9.39. The number of hydrogen-bond donors (Lipinski definition) is 0. The maximum Gasteiger partial charge on any atom is 0.0439 e. The van der Waals surface area contributed by atoms with Gasteiger partial charge in [0.25, 0.3) is 0 Å². The van der Waals surface area contributed by atoms with Gasteiger partial charge in [-0.3, -0.25) is 0 Å². The van der Waals surface area contributed by atoms with Crippen molar-refractivity contribution in [2.24, 2.45) is 46.3 Å². The molecule has 2 heteroatoms. The van der Waals surface area contributed by atoms with Crippen molar-refractivity contribution in [1.82, 2.24) is 0 Å². The van der Waals surface area contributed by atoms with Crippen LogP contribution in [-0.2, 0) is 0 Å². The molecule has 4 saturated carbocycles. The van der Waals surface area contributed by atoms with Crippen LogP contribution in [0.25, 0.3) is 0 Å². The highest BCUT2D eigenvalue weighted by molar-refractivity contribution is 9.12. The van der Waals surface area contributed by atoms with Crippen LogP contribution in [0.1, 0.15) is 112 Å². The summed E-state index contributed by atoms with van der Waals surface area (Å²) in [6, 6.07) is 0. The minimum atomic E-state index is 0.343. The Morgan fingerprint density at radius 3 is 2.34 bits per heavy atom. The van der Waals surface area contributed by atoms with Crippen LogP contribution in [0.5, 0.6) is 0 Å². The zero-order chi connectivity index (χ0) is 21.0. The van der Waals surface area contributed by atoms with Crippen molar-refractivity contribution >= 4 is 31.9 Å². The number of alkyl halides is 2. The van der Waals surface area contributed by atoms with E-state index in [1.165, 1.54) is 77.0 Å². The van der Waals surface area contributed by atoms with E-state index in [0.717, 1.165) is 35.5 Å². The van der Waals surface area contributed by atoms with Crippen molar-refractivity contribution in [2.45, 2.75) is 121 Å². The summed E-state index contributed by atoms with van der Waals surface area (Å²) in [4.78, 5) is 0.667. The summed E-state index contributed by atoms with van der Waals surface area (Å²) in [5.41, 5.74) is 1.12. The molecular formula is C27H46Br2. The summed E-state index contributed by atoms with van der Waals surface area (Å²) in [6.07, 6.45) is 17.5. The maximum atomic E-state index is 4.37. The van der Waals surface area contributed by atoms with Crippen LogP contribution in [0, 0.1) is 46.3 Å². The van der Waals surface area contributed by atoms with Gasteiger partial charge in [0, 0.05) is 9.15 Å². The zero-order valence-electron chi connectivity index (χ0n) is 19.8. The molecule has 0 aromatic heterocycles. The Morgan fingerprint density at radius 2 is 1.62 bits per heavy atom. The van der Waals surface area contributed by atoms with Gasteiger partial charge in [0.1, 0.15) is 0 Å². The average Bonchev–Trinajstić information content (AvgIpc) is 3.01. The van der Waals surface area contributed by atoms with E-state index in [2.05, 4.69) is 66.5 Å². The minimum absolute atomic E-state index is 0.343. The normalized spacial score (nSPS) is 50.7. The largest absolute Gasteiger partial charge is 0.0875 e. The molecule has 4 fully saturated rings. The number of halogens is 2. The van der Waals surface area contributed by atoms with Gasteiger partial charge in [-0.2, -0.15) is 0 Å². The van der Waals surface area contributed by atoms with Crippen LogP contribution >= 0.6 is 31.9 Å². The topological polar surface area (TPSA) is 0 Å². The molecule has 4 aliphatic rings. The second-order valence-corrected chi connectivity index (χ2v) is 15.1. The third-order valence-corrected chi connectivity index (χ3v) is 14.6. The molecule has 0 radical (unpaired) electrons. The van der Waals surface area contributed by atoms with Gasteiger partial charge in [0.15, 0.2) is 0 Å². The Hall–Kier alpha value is 0.960. The van der Waals surface area contributed by atoms with Crippen LogP contribution in [0.4, 0.5) is 0 Å². The molecule has 0 N–H and O–H groups in total. The van der Waals surface area contributed by atoms with Gasteiger partial charge in [-0.1, -0.05) is 92.2 Å². The van der Waals surface area contributed by atoms with E-state index in [1.807, 2.05) is 0 Å². The lowest BCUT2D eigenvalue weighted by atomic mass is 9.44. The SMILES string of the molecule is CC(C)CCC[C@@H](C)[C@@H]1CC[C@@H]2[C@@H]3CC[C@@]4(Br)[C@H](Br)CCC[C@]4(C)[C@H]3CC[C@]21C. The first-order valence-electron chi connectivity index (χ1n) is 13.0. The second-order valence-electron chi connectivity index (χ2n) is 12.6. The van der Waals surface area contributed by atoms with Crippen molar-refractivity contribution < 1.29 is 0 Å². The Kier molecular flexibility index (Phi) is 6.69. The number of fused-ring (bicyclic) bond motifs is 5. The fourth-order valence-corrected chi connectivity index (χ4v) is 11.3. The maximum absolute atomic E-state index is 4.37. The Morgan fingerprint density at radius 1 is 0.862 bits per heavy atom. The summed E-state index contributed by atoms with van der Waals surface area (Å²) in [5.74, 6) is 5.73. The molecule has 0 heterocycles. The number of hydrogen-bond acceptors (Lipinski definition) is 0. The molecule has 4 aliphatic carbocycles. The first-order valence-corrected chi connectivity index (χ1v) is 14.7. The van der Waals surface area contributed by atoms with E-state index < -0.39 is 0 Å². The first kappa shape index (κ1) is 23.1. The van der Waals surface area contributed by atoms with Gasteiger partial charge in [0.2, 0.25) is 0 Å². The molecule has 0 nitrogen and oxygen atoms in total. The van der Waals surface area contributed by atoms with E-state index in [9.17, 15) is 0 Å². The Labute approximate surface area is 198 Å². The zero-order valence-corrected chi connectivity index (χ0v) is 23.0. The Balaban J connectivity index is 1.51. The highest BCUT2D eigenvalue weighted by Gasteiger charge is 2.65. The number of rotatable bonds is 5. The molecule has 0 saturated heterocycles. The van der Waals surface area contributed by atoms with Crippen molar-refractivity contribution in [2.75, 3.05) is 0 Å². The third kappa shape index (κ3) is 3.65. The smallest absolute Gasteiger partial charge is 0.0439 e. The second kappa shape index (κ2) is 8.39. The molecule has 4 rings (SSSR count). The summed E-state index contributed by atoms with van der Waals surface area (Å²) in [6.45, 7) is 12.8. The molecule has 0 spiro atoms. The Bertz CT molecular complexity index is 587. The van der Waals surface area contributed by atoms with Crippen molar-refractivity contribution in [3.8, 4) is 0 Å². The molecule has 0 aliphatic heterocycles. The molecule has 168 valence electrons. The third-order valence-electron chi connectivity index (χ3n) is 10.9. The van der Waals surface area contributed by atoms with E-state index in [4.69, 9.17) is 0 Å². The van der Waals surface area contributed by atoms with E-state index >= 15 is 0 Å². The summed E-state index contributed by atoms with van der Waals surface area (Å²) in [7, 11) is 0. The predicted molar refractivity (Wildman–Crippen MR) is 134 cm³/mol. The van der Waals surface area contributed by atoms with Gasteiger partial charge in [0.05, 0.1) is 0 Å². The van der Waals surface area contributed by atoms with Crippen LogP contribution in [0.2, 0.25) is 0 Å². The lowest BCUT2D eigenvalue weighted by Crippen LogP contribution is -2.62. The van der Waals surface area contributed by atoms with Crippen LogP contribution in [0.15, 0.2) is 0 Å². The molecule has 0 unspecified atom stereocenters. The van der Waals surface area contributed by atoms with Gasteiger partial charge in [-0.05, 0) is 97.7 Å². The molecule has 0 amide bonds. The van der Waals surface area contributed by atoms with Gasteiger partial charge >= 0.3 is 0 Å². The van der Waals surface area contributed by atoms with Gasteiger partial charge < -0.3 is 0 Å². The monoisotopic (exact) mass is 528 g/mol. The fraction of sp³-hybridized carbons (Fsp3) is 1.00. The quantitative estimate of drug-likeness (QED) is 0.311. The van der Waals surface area contributed by atoms with E-state index in [-0.39, 0.29) is 0 Å². The molecule has 0 bridgehead atoms. The molecule has 29 heavy (non-hydrogen) atoms. The van der Waals surface area contributed by atoms with E-state index in [1.54, 1.807) is 0 Å².